The van der Waals surface area contributed by atoms with Crippen LogP contribution >= 0.6 is 11.5 Å². The van der Waals surface area contributed by atoms with E-state index in [4.69, 9.17) is 5.73 Å². The van der Waals surface area contributed by atoms with Crippen LogP contribution in [0.1, 0.15) is 32.1 Å². The number of anilines is 2. The number of hydrogen-bond donors (Lipinski definition) is 2. The second-order valence-electron chi connectivity index (χ2n) is 4.97. The van der Waals surface area contributed by atoms with Gasteiger partial charge in [0.15, 0.2) is 15.7 Å². The fourth-order valence-corrected chi connectivity index (χ4v) is 4.79. The van der Waals surface area contributed by atoms with Gasteiger partial charge in [-0.1, -0.05) is 0 Å². The van der Waals surface area contributed by atoms with E-state index in [9.17, 15) is 21.6 Å². The molecule has 0 atom stereocenters. The topological polar surface area (TPSA) is 85.1 Å². The number of aromatic nitrogens is 1. The Balaban J connectivity index is 1.93. The first-order valence-electron chi connectivity index (χ1n) is 6.51. The van der Waals surface area contributed by atoms with Gasteiger partial charge < -0.3 is 11.1 Å². The fraction of sp³-hybridized carbons (Fsp3) is 0.727. The number of nitrogens with one attached hydrogen (secondary N) is 1. The number of hydrogen-bond acceptors (Lipinski definition) is 6. The Hall–Kier alpha value is -1.03. The molecule has 0 radical (unpaired) electrons. The van der Waals surface area contributed by atoms with Gasteiger partial charge in [0.1, 0.15) is 9.90 Å². The molecule has 0 aliphatic heterocycles. The smallest absolute Gasteiger partial charge is 0.382 e. The van der Waals surface area contributed by atoms with E-state index >= 15 is 0 Å². The maximum absolute atomic E-state index is 12.2. The van der Waals surface area contributed by atoms with E-state index < -0.39 is 27.7 Å². The van der Waals surface area contributed by atoms with Crippen LogP contribution in [0, 0.1) is 0 Å². The third kappa shape index (κ3) is 4.22. The van der Waals surface area contributed by atoms with Crippen LogP contribution < -0.4 is 11.1 Å². The summed E-state index contributed by atoms with van der Waals surface area (Å²) in [6.45, 7) is 0.255. The number of unbranched alkanes of at least 4 members (excludes halogenated alkanes) is 1. The third-order valence-electron chi connectivity index (χ3n) is 3.09. The Morgan fingerprint density at radius 3 is 2.57 bits per heavy atom. The van der Waals surface area contributed by atoms with Crippen molar-refractivity contribution in [2.45, 2.75) is 48.4 Å². The van der Waals surface area contributed by atoms with Crippen LogP contribution in [0.15, 0.2) is 4.90 Å². The van der Waals surface area contributed by atoms with Gasteiger partial charge in [-0.15, -0.1) is 0 Å². The second kappa shape index (κ2) is 5.99. The molecule has 0 unspecified atom stereocenters. The molecule has 2 rings (SSSR count). The molecule has 0 bridgehead atoms. The van der Waals surface area contributed by atoms with Crippen LogP contribution in [0.5, 0.6) is 0 Å². The number of alkyl halides is 3. The van der Waals surface area contributed by atoms with Gasteiger partial charge in [-0.05, 0) is 37.2 Å². The lowest BCUT2D eigenvalue weighted by Gasteiger charge is -2.08. The Morgan fingerprint density at radius 1 is 1.33 bits per heavy atom. The van der Waals surface area contributed by atoms with Gasteiger partial charge in [-0.2, -0.15) is 17.5 Å². The third-order valence-corrected chi connectivity index (χ3v) is 6.37. The molecule has 21 heavy (non-hydrogen) atoms. The minimum absolute atomic E-state index is 0.00447. The molecule has 120 valence electrons. The summed E-state index contributed by atoms with van der Waals surface area (Å²) in [6, 6.07) is 0. The Morgan fingerprint density at radius 2 is 2.00 bits per heavy atom. The largest absolute Gasteiger partial charge is 0.389 e. The summed E-state index contributed by atoms with van der Waals surface area (Å²) >= 11 is 0.924. The summed E-state index contributed by atoms with van der Waals surface area (Å²) in [5, 5.41) is 2.76. The van der Waals surface area contributed by atoms with Crippen LogP contribution in [0.25, 0.3) is 0 Å². The number of rotatable bonds is 7. The summed E-state index contributed by atoms with van der Waals surface area (Å²) in [5.74, 6) is -0.0373. The minimum Gasteiger partial charge on any atom is -0.382 e. The molecule has 0 spiro atoms. The van der Waals surface area contributed by atoms with Gasteiger partial charge in [0.05, 0.1) is 5.25 Å². The van der Waals surface area contributed by atoms with Crippen LogP contribution in [0.2, 0.25) is 0 Å². The molecule has 0 aromatic carbocycles. The first-order valence-corrected chi connectivity index (χ1v) is 8.83. The van der Waals surface area contributed by atoms with Crippen molar-refractivity contribution in [2.24, 2.45) is 0 Å². The number of nitrogen functional groups attached to an aromatic ring is 1. The molecule has 0 saturated heterocycles. The summed E-state index contributed by atoms with van der Waals surface area (Å²) in [5.41, 5.74) is 5.61. The number of sulfone groups is 1. The molecule has 1 heterocycles. The fourth-order valence-electron chi connectivity index (χ4n) is 1.88. The van der Waals surface area contributed by atoms with Crippen molar-refractivity contribution in [3.63, 3.8) is 0 Å². The highest BCUT2D eigenvalue weighted by molar-refractivity contribution is 7.92. The lowest BCUT2D eigenvalue weighted by Crippen LogP contribution is -2.12. The standard InChI is InChI=1S/C11H16F3N3O2S2/c12-11(13,14)5-1-2-6-16-10-8(9(15)17-20-10)21(18,19)7-3-4-7/h7,16H,1-6H2,(H2,15,17). The number of halogens is 3. The maximum Gasteiger partial charge on any atom is 0.389 e. The van der Waals surface area contributed by atoms with E-state index in [-0.39, 0.29) is 23.7 Å². The highest BCUT2D eigenvalue weighted by Gasteiger charge is 2.40. The molecule has 10 heteroatoms. The number of nitrogens with zero attached hydrogens (tertiary/aromatic N) is 1. The predicted molar refractivity (Wildman–Crippen MR) is 75.1 cm³/mol. The lowest BCUT2D eigenvalue weighted by atomic mass is 10.2. The van der Waals surface area contributed by atoms with Crippen LogP contribution in [-0.4, -0.2) is 30.8 Å². The van der Waals surface area contributed by atoms with Gasteiger partial charge in [0.2, 0.25) is 0 Å². The van der Waals surface area contributed by atoms with E-state index in [1.807, 2.05) is 0 Å². The van der Waals surface area contributed by atoms with E-state index in [1.54, 1.807) is 0 Å². The average molecular weight is 343 g/mol. The van der Waals surface area contributed by atoms with E-state index in [2.05, 4.69) is 9.69 Å². The van der Waals surface area contributed by atoms with Crippen molar-refractivity contribution >= 4 is 32.2 Å². The highest BCUT2D eigenvalue weighted by atomic mass is 32.2. The molecular formula is C11H16F3N3O2S2. The monoisotopic (exact) mass is 343 g/mol. The Kier molecular flexibility index (Phi) is 4.66. The van der Waals surface area contributed by atoms with Crippen molar-refractivity contribution in [3.05, 3.63) is 0 Å². The minimum atomic E-state index is -4.16. The van der Waals surface area contributed by atoms with Crippen molar-refractivity contribution < 1.29 is 21.6 Å². The molecule has 1 aromatic rings. The highest BCUT2D eigenvalue weighted by Crippen LogP contribution is 2.40. The van der Waals surface area contributed by atoms with Gasteiger partial charge in [0.25, 0.3) is 0 Å². The zero-order valence-corrected chi connectivity index (χ0v) is 12.7. The zero-order valence-electron chi connectivity index (χ0n) is 11.1. The van der Waals surface area contributed by atoms with E-state index in [1.165, 1.54) is 0 Å². The normalized spacial score (nSPS) is 16.1. The molecule has 1 aromatic heterocycles. The molecule has 1 saturated carbocycles. The van der Waals surface area contributed by atoms with Gasteiger partial charge >= 0.3 is 6.18 Å². The molecule has 1 aliphatic carbocycles. The first kappa shape index (κ1) is 16.3. The Labute approximate surface area is 124 Å². The molecule has 3 N–H and O–H groups in total. The summed E-state index contributed by atoms with van der Waals surface area (Å²) in [4.78, 5) is 0.00539. The van der Waals surface area contributed by atoms with E-state index in [0.29, 0.717) is 24.3 Å². The van der Waals surface area contributed by atoms with E-state index in [0.717, 1.165) is 11.5 Å². The zero-order chi connectivity index (χ0) is 15.7. The van der Waals surface area contributed by atoms with Gasteiger partial charge in [-0.3, -0.25) is 0 Å². The summed E-state index contributed by atoms with van der Waals surface area (Å²) in [7, 11) is -3.47. The molecule has 1 aliphatic rings. The van der Waals surface area contributed by atoms with Crippen molar-refractivity contribution in [1.82, 2.24) is 4.37 Å². The van der Waals surface area contributed by atoms with Crippen molar-refractivity contribution in [3.8, 4) is 0 Å². The number of nitrogens with two attached hydrogens (primary N) is 1. The summed E-state index contributed by atoms with van der Waals surface area (Å²) < 4.78 is 64.3. The molecular weight excluding hydrogens is 327 g/mol. The predicted octanol–water partition coefficient (Wildman–Crippen LogP) is 2.81. The first-order chi connectivity index (χ1) is 9.72. The van der Waals surface area contributed by atoms with Gasteiger partial charge in [-0.25, -0.2) is 8.42 Å². The Bertz CT molecular complexity index is 594. The summed E-state index contributed by atoms with van der Waals surface area (Å²) in [6.07, 6.45) is -3.48. The van der Waals surface area contributed by atoms with Crippen LogP contribution in [0.4, 0.5) is 24.0 Å². The average Bonchev–Trinajstić information content (AvgIpc) is 3.13. The quantitative estimate of drug-likeness (QED) is 0.744. The molecule has 0 amide bonds. The van der Waals surface area contributed by atoms with Crippen LogP contribution in [-0.2, 0) is 9.84 Å². The van der Waals surface area contributed by atoms with Gasteiger partial charge in [0, 0.05) is 13.0 Å². The lowest BCUT2D eigenvalue weighted by molar-refractivity contribution is -0.135. The maximum atomic E-state index is 12.2. The van der Waals surface area contributed by atoms with Crippen molar-refractivity contribution in [2.75, 3.05) is 17.6 Å². The van der Waals surface area contributed by atoms with Crippen LogP contribution in [0.3, 0.4) is 0 Å². The molecule has 5 nitrogen and oxygen atoms in total. The second-order valence-corrected chi connectivity index (χ2v) is 7.91. The SMILES string of the molecule is Nc1nsc(NCCCCC(F)(F)F)c1S(=O)(=O)C1CC1. The van der Waals surface area contributed by atoms with Crippen molar-refractivity contribution in [1.29, 1.82) is 0 Å². The molecule has 1 fully saturated rings.